The highest BCUT2D eigenvalue weighted by molar-refractivity contribution is 8.01. The summed E-state index contributed by atoms with van der Waals surface area (Å²) in [4.78, 5) is 2.65. The van der Waals surface area contributed by atoms with Crippen molar-refractivity contribution in [3.8, 4) is 0 Å². The molecule has 0 aliphatic heterocycles. The summed E-state index contributed by atoms with van der Waals surface area (Å²) in [5.74, 6) is 0. The van der Waals surface area contributed by atoms with Crippen LogP contribution in [0.1, 0.15) is 18.4 Å². The second kappa shape index (κ2) is 4.40. The fraction of sp³-hybridized carbons (Fsp3) is 0.500. The number of hydrogen-bond acceptors (Lipinski definition) is 3. The van der Waals surface area contributed by atoms with Crippen LogP contribution in [0.4, 0.5) is 0 Å². The highest BCUT2D eigenvalue weighted by Gasteiger charge is 2.40. The lowest BCUT2D eigenvalue weighted by atomic mass is 10.1. The molecule has 1 saturated carbocycles. The molecule has 0 bridgehead atoms. The van der Waals surface area contributed by atoms with Gasteiger partial charge >= 0.3 is 0 Å². The Hall–Kier alpha value is -0.120. The number of thioether (sulfide) groups is 2. The van der Waals surface area contributed by atoms with Gasteiger partial charge in [0, 0.05) is 16.2 Å². The quantitative estimate of drug-likeness (QED) is 0.816. The minimum Gasteiger partial charge on any atom is -0.390 e. The zero-order valence-electron chi connectivity index (χ0n) is 9.12. The zero-order valence-corrected chi connectivity index (χ0v) is 10.8. The maximum atomic E-state index is 9.86. The molecule has 0 heterocycles. The molecule has 0 amide bonds. The SMILES string of the molecule is CSc1ccc(CC2(O)CC2)cc1SC. The van der Waals surface area contributed by atoms with Crippen LogP contribution >= 0.6 is 23.5 Å². The first-order chi connectivity index (χ1) is 7.17. The lowest BCUT2D eigenvalue weighted by Gasteiger charge is -2.10. The molecule has 0 aromatic heterocycles. The largest absolute Gasteiger partial charge is 0.390 e. The van der Waals surface area contributed by atoms with E-state index >= 15 is 0 Å². The van der Waals surface area contributed by atoms with Crippen molar-refractivity contribution in [2.75, 3.05) is 12.5 Å². The van der Waals surface area contributed by atoms with Crippen LogP contribution in [0, 0.1) is 0 Å². The van der Waals surface area contributed by atoms with Gasteiger partial charge in [0.1, 0.15) is 0 Å². The van der Waals surface area contributed by atoms with Crippen molar-refractivity contribution in [1.82, 2.24) is 0 Å². The molecule has 0 spiro atoms. The van der Waals surface area contributed by atoms with Crippen LogP contribution in [0.5, 0.6) is 0 Å². The van der Waals surface area contributed by atoms with E-state index in [4.69, 9.17) is 0 Å². The first kappa shape index (κ1) is 11.4. The van der Waals surface area contributed by atoms with Gasteiger partial charge in [-0.15, -0.1) is 23.5 Å². The Balaban J connectivity index is 2.18. The first-order valence-electron chi connectivity index (χ1n) is 5.10. The van der Waals surface area contributed by atoms with Crippen molar-refractivity contribution in [1.29, 1.82) is 0 Å². The minimum atomic E-state index is -0.378. The first-order valence-corrected chi connectivity index (χ1v) is 7.55. The van der Waals surface area contributed by atoms with Crippen molar-refractivity contribution >= 4 is 23.5 Å². The van der Waals surface area contributed by atoms with Gasteiger partial charge < -0.3 is 5.11 Å². The van der Waals surface area contributed by atoms with E-state index in [1.54, 1.807) is 23.5 Å². The smallest absolute Gasteiger partial charge is 0.0690 e. The van der Waals surface area contributed by atoms with E-state index in [1.807, 2.05) is 0 Å². The van der Waals surface area contributed by atoms with Crippen LogP contribution in [-0.2, 0) is 6.42 Å². The molecule has 2 rings (SSSR count). The van der Waals surface area contributed by atoms with E-state index in [0.717, 1.165) is 19.3 Å². The molecule has 0 atom stereocenters. The van der Waals surface area contributed by atoms with Gasteiger partial charge in [-0.3, -0.25) is 0 Å². The van der Waals surface area contributed by atoms with Crippen molar-refractivity contribution in [3.05, 3.63) is 23.8 Å². The van der Waals surface area contributed by atoms with Gasteiger partial charge in [-0.05, 0) is 43.0 Å². The predicted molar refractivity (Wildman–Crippen MR) is 67.9 cm³/mol. The number of benzene rings is 1. The van der Waals surface area contributed by atoms with Gasteiger partial charge in [-0.1, -0.05) is 6.07 Å². The highest BCUT2D eigenvalue weighted by atomic mass is 32.2. The van der Waals surface area contributed by atoms with Crippen LogP contribution in [0.25, 0.3) is 0 Å². The summed E-state index contributed by atoms with van der Waals surface area (Å²) in [6.45, 7) is 0. The Bertz CT molecular complexity index is 359. The van der Waals surface area contributed by atoms with Gasteiger partial charge in [0.15, 0.2) is 0 Å². The van der Waals surface area contributed by atoms with Crippen LogP contribution in [0.15, 0.2) is 28.0 Å². The molecule has 1 aromatic rings. The van der Waals surface area contributed by atoms with Gasteiger partial charge in [-0.25, -0.2) is 0 Å². The lowest BCUT2D eigenvalue weighted by Crippen LogP contribution is -2.10. The van der Waals surface area contributed by atoms with E-state index in [-0.39, 0.29) is 5.60 Å². The Morgan fingerprint density at radius 2 is 1.87 bits per heavy atom. The summed E-state index contributed by atoms with van der Waals surface area (Å²) >= 11 is 3.56. The van der Waals surface area contributed by atoms with Crippen LogP contribution in [0.3, 0.4) is 0 Å². The Morgan fingerprint density at radius 3 is 2.40 bits per heavy atom. The van der Waals surface area contributed by atoms with E-state index in [9.17, 15) is 5.11 Å². The van der Waals surface area contributed by atoms with Gasteiger partial charge in [-0.2, -0.15) is 0 Å². The Kier molecular flexibility index (Phi) is 3.33. The van der Waals surface area contributed by atoms with E-state index < -0.39 is 0 Å². The standard InChI is InChI=1S/C12H16OS2/c1-14-10-4-3-9(7-11(10)15-2)8-12(13)5-6-12/h3-4,7,13H,5-6,8H2,1-2H3. The molecule has 1 fully saturated rings. The summed E-state index contributed by atoms with van der Waals surface area (Å²) in [6.07, 6.45) is 6.95. The number of aliphatic hydroxyl groups is 1. The van der Waals surface area contributed by atoms with E-state index in [2.05, 4.69) is 30.7 Å². The molecular formula is C12H16OS2. The maximum Gasteiger partial charge on any atom is 0.0690 e. The summed E-state index contributed by atoms with van der Waals surface area (Å²) in [5.41, 5.74) is 0.883. The fourth-order valence-electron chi connectivity index (χ4n) is 1.69. The Labute approximate surface area is 99.7 Å². The van der Waals surface area contributed by atoms with Crippen LogP contribution < -0.4 is 0 Å². The van der Waals surface area contributed by atoms with E-state index in [1.165, 1.54) is 15.4 Å². The molecule has 1 aromatic carbocycles. The molecule has 1 nitrogen and oxygen atoms in total. The molecule has 1 aliphatic rings. The molecule has 82 valence electrons. The highest BCUT2D eigenvalue weighted by Crippen LogP contribution is 2.39. The van der Waals surface area contributed by atoms with Gasteiger partial charge in [0.25, 0.3) is 0 Å². The monoisotopic (exact) mass is 240 g/mol. The lowest BCUT2D eigenvalue weighted by molar-refractivity contribution is 0.151. The fourth-order valence-corrected chi connectivity index (χ4v) is 3.19. The summed E-state index contributed by atoms with van der Waals surface area (Å²) in [6, 6.07) is 6.52. The molecule has 0 radical (unpaired) electrons. The average molecular weight is 240 g/mol. The van der Waals surface area contributed by atoms with Crippen molar-refractivity contribution < 1.29 is 5.11 Å². The second-order valence-electron chi connectivity index (χ2n) is 4.09. The topological polar surface area (TPSA) is 20.2 Å². The maximum absolute atomic E-state index is 9.86. The summed E-state index contributed by atoms with van der Waals surface area (Å²) in [5, 5.41) is 9.86. The second-order valence-corrected chi connectivity index (χ2v) is 5.79. The molecule has 15 heavy (non-hydrogen) atoms. The predicted octanol–water partition coefficient (Wildman–Crippen LogP) is 3.20. The summed E-state index contributed by atoms with van der Waals surface area (Å²) in [7, 11) is 0. The number of hydrogen-bond donors (Lipinski definition) is 1. The normalized spacial score (nSPS) is 17.8. The molecule has 0 unspecified atom stereocenters. The van der Waals surface area contributed by atoms with Crippen molar-refractivity contribution in [2.24, 2.45) is 0 Å². The molecule has 3 heteroatoms. The third-order valence-electron chi connectivity index (χ3n) is 2.81. The third kappa shape index (κ3) is 2.71. The van der Waals surface area contributed by atoms with Gasteiger partial charge in [0.2, 0.25) is 0 Å². The zero-order chi connectivity index (χ0) is 10.9. The average Bonchev–Trinajstić information content (AvgIpc) is 2.96. The minimum absolute atomic E-state index is 0.378. The van der Waals surface area contributed by atoms with E-state index in [0.29, 0.717) is 0 Å². The van der Waals surface area contributed by atoms with Gasteiger partial charge in [0.05, 0.1) is 5.60 Å². The molecule has 0 saturated heterocycles. The van der Waals surface area contributed by atoms with Crippen molar-refractivity contribution in [3.63, 3.8) is 0 Å². The molecular weight excluding hydrogens is 224 g/mol. The molecule has 1 N–H and O–H groups in total. The Morgan fingerprint density at radius 1 is 1.20 bits per heavy atom. The number of rotatable bonds is 4. The van der Waals surface area contributed by atoms with Crippen LogP contribution in [0.2, 0.25) is 0 Å². The van der Waals surface area contributed by atoms with Crippen LogP contribution in [-0.4, -0.2) is 23.2 Å². The molecule has 1 aliphatic carbocycles. The summed E-state index contributed by atoms with van der Waals surface area (Å²) < 4.78 is 0. The third-order valence-corrected chi connectivity index (χ3v) is 4.51. The van der Waals surface area contributed by atoms with Crippen molar-refractivity contribution in [2.45, 2.75) is 34.7 Å².